The van der Waals surface area contributed by atoms with Crippen molar-refractivity contribution in [1.82, 2.24) is 0 Å². The van der Waals surface area contributed by atoms with Gasteiger partial charge in [0.2, 0.25) is 0 Å². The van der Waals surface area contributed by atoms with Crippen molar-refractivity contribution < 1.29 is 14.5 Å². The molecule has 0 bridgehead atoms. The van der Waals surface area contributed by atoms with Gasteiger partial charge in [-0.25, -0.2) is 0 Å². The average Bonchev–Trinajstić information content (AvgIpc) is 2.45. The number of benzene rings is 2. The number of nitrogens with zero attached hydrogens (tertiary/aromatic N) is 1. The Hall–Kier alpha value is -2.69. The zero-order chi connectivity index (χ0) is 14.5. The van der Waals surface area contributed by atoms with Crippen LogP contribution in [0.2, 0.25) is 0 Å². The van der Waals surface area contributed by atoms with Crippen LogP contribution in [-0.4, -0.2) is 10.7 Å². The summed E-state index contributed by atoms with van der Waals surface area (Å²) in [5.74, 6) is 0.395. The topological polar surface area (TPSA) is 69.4 Å². The number of para-hydroxylation sites is 1. The molecule has 0 saturated carbocycles. The molecule has 102 valence electrons. The van der Waals surface area contributed by atoms with Gasteiger partial charge >= 0.3 is 0 Å². The molecule has 0 aromatic heterocycles. The summed E-state index contributed by atoms with van der Waals surface area (Å²) in [6.45, 7) is 1.64. The van der Waals surface area contributed by atoms with E-state index in [0.29, 0.717) is 16.9 Å². The second-order valence-corrected chi connectivity index (χ2v) is 4.27. The Labute approximate surface area is 116 Å². The van der Waals surface area contributed by atoms with Crippen molar-refractivity contribution >= 4 is 11.5 Å². The summed E-state index contributed by atoms with van der Waals surface area (Å²) in [7, 11) is 0. The first kappa shape index (κ1) is 13.7. The monoisotopic (exact) mass is 271 g/mol. The molecule has 0 amide bonds. The van der Waals surface area contributed by atoms with E-state index in [4.69, 9.17) is 4.74 Å². The highest BCUT2D eigenvalue weighted by atomic mass is 16.6. The average molecular weight is 271 g/mol. The van der Waals surface area contributed by atoms with Crippen molar-refractivity contribution in [2.75, 3.05) is 0 Å². The van der Waals surface area contributed by atoms with Gasteiger partial charge in [-0.2, -0.15) is 0 Å². The number of nitro groups is 1. The summed E-state index contributed by atoms with van der Waals surface area (Å²) in [4.78, 5) is 21.7. The lowest BCUT2D eigenvalue weighted by Crippen LogP contribution is -2.01. The van der Waals surface area contributed by atoms with Gasteiger partial charge in [0.05, 0.1) is 10.5 Å². The van der Waals surface area contributed by atoms with Crippen LogP contribution < -0.4 is 4.74 Å². The van der Waals surface area contributed by atoms with Crippen LogP contribution in [0.15, 0.2) is 48.5 Å². The Morgan fingerprint density at radius 1 is 1.20 bits per heavy atom. The molecular weight excluding hydrogens is 258 g/mol. The van der Waals surface area contributed by atoms with Crippen molar-refractivity contribution in [2.45, 2.75) is 13.5 Å². The Balaban J connectivity index is 2.15. The lowest BCUT2D eigenvalue weighted by molar-refractivity contribution is -0.384. The fourth-order valence-electron chi connectivity index (χ4n) is 1.80. The minimum atomic E-state index is -0.451. The molecule has 20 heavy (non-hydrogen) atoms. The molecule has 0 fully saturated rings. The minimum absolute atomic E-state index is 0.0194. The highest BCUT2D eigenvalue weighted by molar-refractivity contribution is 5.96. The number of non-ortho nitro benzene ring substituents is 1. The number of Topliss-reactive ketones (excluding diaryl/α,β-unsaturated/α-hetero) is 1. The number of ketones is 1. The highest BCUT2D eigenvalue weighted by Gasteiger charge is 2.09. The van der Waals surface area contributed by atoms with E-state index >= 15 is 0 Å². The lowest BCUT2D eigenvalue weighted by Gasteiger charge is -2.09. The molecule has 0 unspecified atom stereocenters. The summed E-state index contributed by atoms with van der Waals surface area (Å²) < 4.78 is 5.58. The molecule has 2 rings (SSSR count). The number of hydrogen-bond acceptors (Lipinski definition) is 4. The van der Waals surface area contributed by atoms with Gasteiger partial charge in [0.15, 0.2) is 5.78 Å². The van der Waals surface area contributed by atoms with Crippen LogP contribution in [0.25, 0.3) is 0 Å². The third-order valence-electron chi connectivity index (χ3n) is 2.78. The second-order valence-electron chi connectivity index (χ2n) is 4.27. The number of ether oxygens (including phenoxy) is 1. The van der Waals surface area contributed by atoms with E-state index < -0.39 is 4.92 Å². The van der Waals surface area contributed by atoms with Gasteiger partial charge in [-0.3, -0.25) is 14.9 Å². The molecule has 5 heteroatoms. The fourth-order valence-corrected chi connectivity index (χ4v) is 1.80. The largest absolute Gasteiger partial charge is 0.488 e. The Morgan fingerprint density at radius 3 is 2.65 bits per heavy atom. The van der Waals surface area contributed by atoms with Crippen molar-refractivity contribution in [2.24, 2.45) is 0 Å². The molecule has 0 heterocycles. The van der Waals surface area contributed by atoms with Crippen molar-refractivity contribution in [3.8, 4) is 5.75 Å². The van der Waals surface area contributed by atoms with E-state index in [1.807, 2.05) is 0 Å². The predicted molar refractivity (Wildman–Crippen MR) is 73.9 cm³/mol. The fraction of sp³-hybridized carbons (Fsp3) is 0.133. The quantitative estimate of drug-likeness (QED) is 0.475. The number of carbonyl (C=O) groups is 1. The van der Waals surface area contributed by atoms with Crippen LogP contribution >= 0.6 is 0 Å². The van der Waals surface area contributed by atoms with Crippen molar-refractivity contribution in [3.05, 3.63) is 69.8 Å². The van der Waals surface area contributed by atoms with E-state index in [-0.39, 0.29) is 18.1 Å². The summed E-state index contributed by atoms with van der Waals surface area (Å²) >= 11 is 0. The number of hydrogen-bond donors (Lipinski definition) is 0. The van der Waals surface area contributed by atoms with Crippen LogP contribution in [0.3, 0.4) is 0 Å². The first-order valence-corrected chi connectivity index (χ1v) is 6.04. The molecule has 0 aliphatic carbocycles. The first-order valence-electron chi connectivity index (χ1n) is 6.04. The van der Waals surface area contributed by atoms with E-state index in [0.717, 1.165) is 0 Å². The predicted octanol–water partition coefficient (Wildman–Crippen LogP) is 3.38. The summed E-state index contributed by atoms with van der Waals surface area (Å²) in [5.41, 5.74) is 1.20. The SMILES string of the molecule is CC(=O)c1ccccc1OCc1cccc([N+](=O)[O-])c1. The first-order chi connectivity index (χ1) is 9.58. The molecule has 0 N–H and O–H groups in total. The number of rotatable bonds is 5. The zero-order valence-corrected chi connectivity index (χ0v) is 10.9. The van der Waals surface area contributed by atoms with E-state index in [9.17, 15) is 14.9 Å². The zero-order valence-electron chi connectivity index (χ0n) is 10.9. The van der Waals surface area contributed by atoms with Crippen LogP contribution in [0.1, 0.15) is 22.8 Å². The van der Waals surface area contributed by atoms with Crippen molar-refractivity contribution in [1.29, 1.82) is 0 Å². The normalized spacial score (nSPS) is 10.1. The smallest absolute Gasteiger partial charge is 0.269 e. The molecule has 0 aliphatic rings. The molecule has 0 spiro atoms. The number of nitro benzene ring substituents is 1. The Bertz CT molecular complexity index is 652. The summed E-state index contributed by atoms with van der Waals surface area (Å²) in [6, 6.07) is 13.1. The highest BCUT2D eigenvalue weighted by Crippen LogP contribution is 2.21. The van der Waals surface area contributed by atoms with E-state index in [1.165, 1.54) is 19.1 Å². The van der Waals surface area contributed by atoms with Gasteiger partial charge in [-0.1, -0.05) is 24.3 Å². The van der Waals surface area contributed by atoms with E-state index in [1.54, 1.807) is 36.4 Å². The third-order valence-corrected chi connectivity index (χ3v) is 2.78. The maximum atomic E-state index is 11.5. The molecule has 0 atom stereocenters. The van der Waals surface area contributed by atoms with Gasteiger partial charge in [0.25, 0.3) is 5.69 Å². The minimum Gasteiger partial charge on any atom is -0.488 e. The third kappa shape index (κ3) is 3.20. The molecule has 0 saturated heterocycles. The molecule has 5 nitrogen and oxygen atoms in total. The van der Waals surface area contributed by atoms with Crippen LogP contribution in [-0.2, 0) is 6.61 Å². The molecule has 2 aromatic carbocycles. The van der Waals surface area contributed by atoms with E-state index in [2.05, 4.69) is 0 Å². The maximum absolute atomic E-state index is 11.5. The molecule has 0 aliphatic heterocycles. The van der Waals surface area contributed by atoms with Crippen molar-refractivity contribution in [3.63, 3.8) is 0 Å². The van der Waals surface area contributed by atoms with Crippen LogP contribution in [0, 0.1) is 10.1 Å². The summed E-state index contributed by atoms with van der Waals surface area (Å²) in [6.07, 6.45) is 0. The van der Waals surface area contributed by atoms with Gasteiger partial charge in [-0.15, -0.1) is 0 Å². The maximum Gasteiger partial charge on any atom is 0.269 e. The van der Waals surface area contributed by atoms with Crippen LogP contribution in [0.4, 0.5) is 5.69 Å². The lowest BCUT2D eigenvalue weighted by atomic mass is 10.1. The standard InChI is InChI=1S/C15H13NO4/c1-11(17)14-7-2-3-8-15(14)20-10-12-5-4-6-13(9-12)16(18)19/h2-9H,10H2,1H3. The van der Waals surface area contributed by atoms with Gasteiger partial charge in [0, 0.05) is 12.1 Å². The number of carbonyl (C=O) groups excluding carboxylic acids is 1. The molecular formula is C15H13NO4. The van der Waals surface area contributed by atoms with Gasteiger partial charge in [0.1, 0.15) is 12.4 Å². The van der Waals surface area contributed by atoms with Gasteiger partial charge < -0.3 is 4.74 Å². The van der Waals surface area contributed by atoms with Gasteiger partial charge in [-0.05, 0) is 24.6 Å². The Morgan fingerprint density at radius 2 is 1.95 bits per heavy atom. The second kappa shape index (κ2) is 5.97. The molecule has 0 radical (unpaired) electrons. The molecule has 2 aromatic rings. The summed E-state index contributed by atoms with van der Waals surface area (Å²) in [5, 5.41) is 10.7. The Kier molecular flexibility index (Phi) is 4.10. The van der Waals surface area contributed by atoms with Crippen LogP contribution in [0.5, 0.6) is 5.75 Å².